The molecule has 0 spiro atoms. The standard InChI is InChI=1S/C9H11BrN2O2S/c10-9-2-1-7(5-11-9)12-8-3-4-15(13,14)6-8/h1-2,5,8,12H,3-4,6H2. The molecule has 1 unspecified atom stereocenters. The molecule has 0 bridgehead atoms. The minimum Gasteiger partial charge on any atom is -0.380 e. The summed E-state index contributed by atoms with van der Waals surface area (Å²) in [4.78, 5) is 4.06. The van der Waals surface area contributed by atoms with E-state index in [0.717, 1.165) is 10.3 Å². The van der Waals surface area contributed by atoms with Crippen molar-refractivity contribution in [2.24, 2.45) is 0 Å². The second kappa shape index (κ2) is 4.09. The number of pyridine rings is 1. The minimum absolute atomic E-state index is 0.0259. The van der Waals surface area contributed by atoms with E-state index in [1.165, 1.54) is 0 Å². The third-order valence-corrected chi connectivity index (χ3v) is 4.57. The Morgan fingerprint density at radius 1 is 1.47 bits per heavy atom. The normalized spacial score (nSPS) is 23.9. The molecule has 1 aliphatic rings. The first kappa shape index (κ1) is 10.9. The summed E-state index contributed by atoms with van der Waals surface area (Å²) in [6.45, 7) is 0. The molecule has 0 saturated carbocycles. The predicted molar refractivity (Wildman–Crippen MR) is 62.6 cm³/mol. The van der Waals surface area contributed by atoms with Crippen molar-refractivity contribution < 1.29 is 8.42 Å². The summed E-state index contributed by atoms with van der Waals surface area (Å²) < 4.78 is 23.2. The van der Waals surface area contributed by atoms with Gasteiger partial charge in [-0.25, -0.2) is 13.4 Å². The number of nitrogens with zero attached hydrogens (tertiary/aromatic N) is 1. The van der Waals surface area contributed by atoms with Crippen LogP contribution in [0.2, 0.25) is 0 Å². The Kier molecular flexibility index (Phi) is 2.97. The molecule has 0 amide bonds. The molecule has 1 fully saturated rings. The van der Waals surface area contributed by atoms with Crippen LogP contribution in [0.5, 0.6) is 0 Å². The zero-order chi connectivity index (χ0) is 10.9. The Labute approximate surface area is 97.1 Å². The van der Waals surface area contributed by atoms with E-state index >= 15 is 0 Å². The number of halogens is 1. The lowest BCUT2D eigenvalue weighted by molar-refractivity contribution is 0.602. The molecule has 15 heavy (non-hydrogen) atoms. The van der Waals surface area contributed by atoms with Crippen molar-refractivity contribution in [2.45, 2.75) is 12.5 Å². The lowest BCUT2D eigenvalue weighted by Gasteiger charge is -2.11. The summed E-state index contributed by atoms with van der Waals surface area (Å²) in [5.41, 5.74) is 0.861. The first-order valence-electron chi connectivity index (χ1n) is 4.64. The lowest BCUT2D eigenvalue weighted by atomic mass is 10.2. The van der Waals surface area contributed by atoms with Crippen molar-refractivity contribution in [3.8, 4) is 0 Å². The zero-order valence-electron chi connectivity index (χ0n) is 7.98. The van der Waals surface area contributed by atoms with Crippen molar-refractivity contribution in [1.82, 2.24) is 4.98 Å². The van der Waals surface area contributed by atoms with Gasteiger partial charge in [0, 0.05) is 6.04 Å². The molecule has 1 aromatic rings. The van der Waals surface area contributed by atoms with Gasteiger partial charge in [0.1, 0.15) is 4.60 Å². The van der Waals surface area contributed by atoms with E-state index in [1.807, 2.05) is 12.1 Å². The molecule has 1 atom stereocenters. The smallest absolute Gasteiger partial charge is 0.152 e. The Morgan fingerprint density at radius 3 is 2.80 bits per heavy atom. The molecule has 2 heterocycles. The Hall–Kier alpha value is -0.620. The Balaban J connectivity index is 2.02. The largest absolute Gasteiger partial charge is 0.380 e. The average Bonchev–Trinajstić information content (AvgIpc) is 2.50. The highest BCUT2D eigenvalue weighted by molar-refractivity contribution is 9.10. The Bertz CT molecular complexity index is 444. The molecular weight excluding hydrogens is 280 g/mol. The molecule has 6 heteroatoms. The van der Waals surface area contributed by atoms with Gasteiger partial charge in [-0.2, -0.15) is 0 Å². The van der Waals surface area contributed by atoms with Gasteiger partial charge < -0.3 is 5.32 Å². The fourth-order valence-electron chi connectivity index (χ4n) is 1.61. The van der Waals surface area contributed by atoms with E-state index in [4.69, 9.17) is 0 Å². The van der Waals surface area contributed by atoms with Gasteiger partial charge in [-0.3, -0.25) is 0 Å². The number of anilines is 1. The van der Waals surface area contributed by atoms with Crippen LogP contribution in [0.1, 0.15) is 6.42 Å². The maximum absolute atomic E-state index is 11.2. The van der Waals surface area contributed by atoms with Crippen LogP contribution in [-0.2, 0) is 9.84 Å². The summed E-state index contributed by atoms with van der Waals surface area (Å²) >= 11 is 3.24. The molecule has 0 radical (unpaired) electrons. The van der Waals surface area contributed by atoms with Gasteiger partial charge in [0.15, 0.2) is 9.84 Å². The third-order valence-electron chi connectivity index (χ3n) is 2.33. The van der Waals surface area contributed by atoms with Crippen molar-refractivity contribution in [3.05, 3.63) is 22.9 Å². The highest BCUT2D eigenvalue weighted by Gasteiger charge is 2.27. The first-order chi connectivity index (χ1) is 7.05. The minimum atomic E-state index is -2.82. The van der Waals surface area contributed by atoms with Crippen molar-refractivity contribution in [2.75, 3.05) is 16.8 Å². The number of sulfone groups is 1. The second-order valence-electron chi connectivity index (χ2n) is 3.61. The molecule has 1 aliphatic heterocycles. The van der Waals surface area contributed by atoms with Crippen LogP contribution in [0.15, 0.2) is 22.9 Å². The van der Waals surface area contributed by atoms with E-state index in [2.05, 4.69) is 26.2 Å². The molecule has 1 saturated heterocycles. The highest BCUT2D eigenvalue weighted by Crippen LogP contribution is 2.17. The summed E-state index contributed by atoms with van der Waals surface area (Å²) in [6, 6.07) is 3.73. The summed E-state index contributed by atoms with van der Waals surface area (Å²) in [5.74, 6) is 0.512. The monoisotopic (exact) mass is 290 g/mol. The first-order valence-corrected chi connectivity index (χ1v) is 7.25. The maximum atomic E-state index is 11.2. The maximum Gasteiger partial charge on any atom is 0.152 e. The summed E-state index contributed by atoms with van der Waals surface area (Å²) in [6.07, 6.45) is 2.37. The molecule has 0 aromatic carbocycles. The van der Waals surface area contributed by atoms with Gasteiger partial charge >= 0.3 is 0 Å². The lowest BCUT2D eigenvalue weighted by Crippen LogP contribution is -2.20. The fourth-order valence-corrected chi connectivity index (χ4v) is 3.51. The Morgan fingerprint density at radius 2 is 2.27 bits per heavy atom. The predicted octanol–water partition coefficient (Wildman–Crippen LogP) is 1.44. The van der Waals surface area contributed by atoms with Crippen LogP contribution >= 0.6 is 15.9 Å². The van der Waals surface area contributed by atoms with Crippen LogP contribution < -0.4 is 5.32 Å². The second-order valence-corrected chi connectivity index (χ2v) is 6.66. The number of aromatic nitrogens is 1. The van der Waals surface area contributed by atoms with Gasteiger partial charge in [-0.15, -0.1) is 0 Å². The number of hydrogen-bond donors (Lipinski definition) is 1. The summed E-state index contributed by atoms with van der Waals surface area (Å²) in [5, 5.41) is 3.16. The average molecular weight is 291 g/mol. The van der Waals surface area contributed by atoms with Crippen LogP contribution in [0.3, 0.4) is 0 Å². The third kappa shape index (κ3) is 2.92. The van der Waals surface area contributed by atoms with Gasteiger partial charge in [0.05, 0.1) is 23.4 Å². The number of nitrogens with one attached hydrogen (secondary N) is 1. The molecule has 0 aliphatic carbocycles. The summed E-state index contributed by atoms with van der Waals surface area (Å²) in [7, 11) is -2.82. The zero-order valence-corrected chi connectivity index (χ0v) is 10.4. The van der Waals surface area contributed by atoms with Crippen molar-refractivity contribution in [3.63, 3.8) is 0 Å². The SMILES string of the molecule is O=S1(=O)CCC(Nc2ccc(Br)nc2)C1. The van der Waals surface area contributed by atoms with Gasteiger partial charge in [-0.1, -0.05) is 0 Å². The van der Waals surface area contributed by atoms with Crippen LogP contribution in [0.4, 0.5) is 5.69 Å². The van der Waals surface area contributed by atoms with Crippen molar-refractivity contribution >= 4 is 31.5 Å². The molecular formula is C9H11BrN2O2S. The van der Waals surface area contributed by atoms with E-state index in [-0.39, 0.29) is 17.5 Å². The van der Waals surface area contributed by atoms with Gasteiger partial charge in [-0.05, 0) is 34.5 Å². The topological polar surface area (TPSA) is 59.1 Å². The van der Waals surface area contributed by atoms with Gasteiger partial charge in [0.2, 0.25) is 0 Å². The molecule has 1 N–H and O–H groups in total. The molecule has 2 rings (SSSR count). The van der Waals surface area contributed by atoms with E-state index in [9.17, 15) is 8.42 Å². The van der Waals surface area contributed by atoms with Gasteiger partial charge in [0.25, 0.3) is 0 Å². The highest BCUT2D eigenvalue weighted by atomic mass is 79.9. The fraction of sp³-hybridized carbons (Fsp3) is 0.444. The van der Waals surface area contributed by atoms with Crippen LogP contribution in [-0.4, -0.2) is 30.9 Å². The van der Waals surface area contributed by atoms with E-state index < -0.39 is 9.84 Å². The molecule has 1 aromatic heterocycles. The van der Waals surface area contributed by atoms with E-state index in [0.29, 0.717) is 6.42 Å². The van der Waals surface area contributed by atoms with Crippen LogP contribution in [0, 0.1) is 0 Å². The van der Waals surface area contributed by atoms with E-state index in [1.54, 1.807) is 6.20 Å². The quantitative estimate of drug-likeness (QED) is 0.838. The van der Waals surface area contributed by atoms with Crippen molar-refractivity contribution in [1.29, 1.82) is 0 Å². The molecule has 82 valence electrons. The van der Waals surface area contributed by atoms with Crippen LogP contribution in [0.25, 0.3) is 0 Å². The number of hydrogen-bond acceptors (Lipinski definition) is 4. The number of rotatable bonds is 2. The molecule has 4 nitrogen and oxygen atoms in total.